The second-order valence-electron chi connectivity index (χ2n) is 3.28. The Balaban J connectivity index is 3.22. The van der Waals surface area contributed by atoms with E-state index in [0.29, 0.717) is 12.1 Å². The van der Waals surface area contributed by atoms with Crippen molar-refractivity contribution in [2.75, 3.05) is 6.54 Å². The average molecular weight is 175 g/mol. The molecule has 0 amide bonds. The maximum absolute atomic E-state index is 8.83. The summed E-state index contributed by atoms with van der Waals surface area (Å²) in [6.07, 6.45) is 0. The lowest BCUT2D eigenvalue weighted by molar-refractivity contribution is 0.506. The van der Waals surface area contributed by atoms with Crippen LogP contribution in [0.5, 0.6) is 0 Å². The third-order valence-corrected chi connectivity index (χ3v) is 2.09. The zero-order chi connectivity index (χ0) is 9.90. The van der Waals surface area contributed by atoms with E-state index in [1.807, 2.05) is 25.1 Å². The van der Waals surface area contributed by atoms with E-state index in [-0.39, 0.29) is 0 Å². The summed E-state index contributed by atoms with van der Waals surface area (Å²) in [4.78, 5) is 0. The molecule has 0 bridgehead atoms. The Kier molecular flexibility index (Phi) is 2.66. The zero-order valence-electron chi connectivity index (χ0n) is 7.62. The van der Waals surface area contributed by atoms with Gasteiger partial charge in [-0.3, -0.25) is 0 Å². The summed E-state index contributed by atoms with van der Waals surface area (Å²) >= 11 is 0. The van der Waals surface area contributed by atoms with Gasteiger partial charge in [0.05, 0.1) is 17.2 Å². The third kappa shape index (κ3) is 1.86. The minimum absolute atomic E-state index is 0.325. The van der Waals surface area contributed by atoms with Gasteiger partial charge >= 0.3 is 0 Å². The van der Waals surface area contributed by atoms with Gasteiger partial charge in [0.25, 0.3) is 0 Å². The molecule has 3 heteroatoms. The summed E-state index contributed by atoms with van der Waals surface area (Å²) < 4.78 is 0. The fourth-order valence-electron chi connectivity index (χ4n) is 1.19. The van der Waals surface area contributed by atoms with Gasteiger partial charge in [-0.15, -0.1) is 0 Å². The topological polar surface area (TPSA) is 75.8 Å². The van der Waals surface area contributed by atoms with E-state index in [2.05, 4.69) is 6.07 Å². The smallest absolute Gasteiger partial charge is 0.0995 e. The molecule has 0 aliphatic carbocycles. The van der Waals surface area contributed by atoms with Crippen LogP contribution in [0.4, 0.5) is 0 Å². The molecule has 0 aliphatic rings. The first kappa shape index (κ1) is 9.72. The number of nitrogens with two attached hydrogens (primary N) is 2. The molecule has 0 fully saturated rings. The van der Waals surface area contributed by atoms with Crippen molar-refractivity contribution in [2.45, 2.75) is 12.5 Å². The second kappa shape index (κ2) is 3.56. The Hall–Kier alpha value is -1.37. The van der Waals surface area contributed by atoms with Gasteiger partial charge < -0.3 is 11.5 Å². The summed E-state index contributed by atoms with van der Waals surface area (Å²) in [5.41, 5.74) is 12.2. The Labute approximate surface area is 78.0 Å². The van der Waals surface area contributed by atoms with Crippen molar-refractivity contribution in [2.24, 2.45) is 11.5 Å². The van der Waals surface area contributed by atoms with E-state index in [1.165, 1.54) is 0 Å². The maximum atomic E-state index is 8.83. The van der Waals surface area contributed by atoms with Crippen LogP contribution in [-0.2, 0) is 5.54 Å². The van der Waals surface area contributed by atoms with Gasteiger partial charge in [0.1, 0.15) is 0 Å². The molecule has 1 aromatic carbocycles. The van der Waals surface area contributed by atoms with Gasteiger partial charge in [0.2, 0.25) is 0 Å². The molecular weight excluding hydrogens is 162 g/mol. The number of nitriles is 1. The Morgan fingerprint density at radius 3 is 2.62 bits per heavy atom. The highest BCUT2D eigenvalue weighted by Crippen LogP contribution is 2.19. The molecule has 0 heterocycles. The summed E-state index contributed by atoms with van der Waals surface area (Å²) in [6.45, 7) is 2.15. The highest BCUT2D eigenvalue weighted by molar-refractivity contribution is 5.41. The van der Waals surface area contributed by atoms with Crippen molar-refractivity contribution in [3.63, 3.8) is 0 Å². The molecule has 13 heavy (non-hydrogen) atoms. The molecule has 0 saturated heterocycles. The maximum Gasteiger partial charge on any atom is 0.0995 e. The van der Waals surface area contributed by atoms with Gasteiger partial charge in [-0.05, 0) is 18.6 Å². The van der Waals surface area contributed by atoms with Crippen LogP contribution in [-0.4, -0.2) is 6.54 Å². The predicted molar refractivity (Wildman–Crippen MR) is 51.8 cm³/mol. The van der Waals surface area contributed by atoms with Crippen LogP contribution in [0.1, 0.15) is 18.1 Å². The Morgan fingerprint density at radius 1 is 1.46 bits per heavy atom. The van der Waals surface area contributed by atoms with Crippen molar-refractivity contribution in [3.8, 4) is 6.07 Å². The standard InChI is InChI=1S/C10H13N3/c1-10(13,7-12)9-5-3-2-4-8(9)6-11/h2-5H,7,12-13H2,1H3. The molecule has 68 valence electrons. The van der Waals surface area contributed by atoms with Crippen molar-refractivity contribution < 1.29 is 0 Å². The van der Waals surface area contributed by atoms with E-state index in [1.54, 1.807) is 6.07 Å². The lowest BCUT2D eigenvalue weighted by Gasteiger charge is -2.23. The molecule has 3 nitrogen and oxygen atoms in total. The van der Waals surface area contributed by atoms with Crippen LogP contribution < -0.4 is 11.5 Å². The first-order valence-electron chi connectivity index (χ1n) is 4.10. The molecular formula is C10H13N3. The quantitative estimate of drug-likeness (QED) is 0.694. The largest absolute Gasteiger partial charge is 0.328 e. The SMILES string of the molecule is CC(N)(CN)c1ccccc1C#N. The molecule has 0 aliphatic heterocycles. The molecule has 0 radical (unpaired) electrons. The highest BCUT2D eigenvalue weighted by Gasteiger charge is 2.21. The van der Waals surface area contributed by atoms with E-state index in [9.17, 15) is 0 Å². The average Bonchev–Trinajstić information content (AvgIpc) is 2.18. The number of rotatable bonds is 2. The van der Waals surface area contributed by atoms with Crippen LogP contribution in [0.2, 0.25) is 0 Å². The Morgan fingerprint density at radius 2 is 2.08 bits per heavy atom. The number of benzene rings is 1. The summed E-state index contributed by atoms with van der Waals surface area (Å²) in [6, 6.07) is 9.36. The van der Waals surface area contributed by atoms with E-state index >= 15 is 0 Å². The molecule has 0 aromatic heterocycles. The molecule has 4 N–H and O–H groups in total. The summed E-state index contributed by atoms with van der Waals surface area (Å²) in [5.74, 6) is 0. The van der Waals surface area contributed by atoms with Crippen LogP contribution >= 0.6 is 0 Å². The minimum atomic E-state index is -0.619. The third-order valence-electron chi connectivity index (χ3n) is 2.09. The first-order valence-corrected chi connectivity index (χ1v) is 4.10. The number of hydrogen-bond acceptors (Lipinski definition) is 3. The van der Waals surface area contributed by atoms with Crippen molar-refractivity contribution in [1.29, 1.82) is 5.26 Å². The highest BCUT2D eigenvalue weighted by atomic mass is 14.8. The summed E-state index contributed by atoms with van der Waals surface area (Å²) in [5, 5.41) is 8.83. The van der Waals surface area contributed by atoms with Gasteiger partial charge in [-0.2, -0.15) is 5.26 Å². The van der Waals surface area contributed by atoms with Crippen LogP contribution in [0.3, 0.4) is 0 Å². The van der Waals surface area contributed by atoms with Crippen molar-refractivity contribution >= 4 is 0 Å². The van der Waals surface area contributed by atoms with Gasteiger partial charge in [0.15, 0.2) is 0 Å². The van der Waals surface area contributed by atoms with Gasteiger partial charge in [-0.25, -0.2) is 0 Å². The van der Waals surface area contributed by atoms with Crippen LogP contribution in [0, 0.1) is 11.3 Å². The lowest BCUT2D eigenvalue weighted by Crippen LogP contribution is -2.41. The summed E-state index contributed by atoms with van der Waals surface area (Å²) in [7, 11) is 0. The van der Waals surface area contributed by atoms with E-state index < -0.39 is 5.54 Å². The predicted octanol–water partition coefficient (Wildman–Crippen LogP) is 0.691. The first-order chi connectivity index (χ1) is 6.11. The van der Waals surface area contributed by atoms with Crippen molar-refractivity contribution in [1.82, 2.24) is 0 Å². The number of nitrogens with zero attached hydrogens (tertiary/aromatic N) is 1. The van der Waals surface area contributed by atoms with Crippen molar-refractivity contribution in [3.05, 3.63) is 35.4 Å². The molecule has 1 aromatic rings. The monoisotopic (exact) mass is 175 g/mol. The fourth-order valence-corrected chi connectivity index (χ4v) is 1.19. The minimum Gasteiger partial charge on any atom is -0.328 e. The fraction of sp³-hybridized carbons (Fsp3) is 0.300. The lowest BCUT2D eigenvalue weighted by atomic mass is 9.90. The Bertz CT molecular complexity index is 336. The van der Waals surface area contributed by atoms with Crippen LogP contribution in [0.15, 0.2) is 24.3 Å². The second-order valence-corrected chi connectivity index (χ2v) is 3.28. The molecule has 0 spiro atoms. The van der Waals surface area contributed by atoms with E-state index in [0.717, 1.165) is 5.56 Å². The molecule has 1 rings (SSSR count). The van der Waals surface area contributed by atoms with Gasteiger partial charge in [0, 0.05) is 6.54 Å². The van der Waals surface area contributed by atoms with Crippen LogP contribution in [0.25, 0.3) is 0 Å². The molecule has 0 saturated carbocycles. The van der Waals surface area contributed by atoms with E-state index in [4.69, 9.17) is 16.7 Å². The molecule has 1 atom stereocenters. The molecule has 1 unspecified atom stereocenters. The normalized spacial score (nSPS) is 14.6. The zero-order valence-corrected chi connectivity index (χ0v) is 7.62. The number of hydrogen-bond donors (Lipinski definition) is 2. The van der Waals surface area contributed by atoms with Gasteiger partial charge in [-0.1, -0.05) is 18.2 Å².